The molecule has 0 heterocycles. The SMILES string of the molecule is CCCOC(=O)[C@@H](CO)c1ccccc1. The fourth-order valence-electron chi connectivity index (χ4n) is 1.30. The van der Waals surface area contributed by atoms with Crippen molar-refractivity contribution in [1.82, 2.24) is 0 Å². The molecule has 0 saturated heterocycles. The van der Waals surface area contributed by atoms with Crippen LogP contribution in [0.4, 0.5) is 0 Å². The highest BCUT2D eigenvalue weighted by Crippen LogP contribution is 2.16. The van der Waals surface area contributed by atoms with Crippen molar-refractivity contribution in [3.63, 3.8) is 0 Å². The van der Waals surface area contributed by atoms with E-state index in [-0.39, 0.29) is 12.6 Å². The Morgan fingerprint density at radius 3 is 2.60 bits per heavy atom. The van der Waals surface area contributed by atoms with Gasteiger partial charge in [0.2, 0.25) is 0 Å². The second-order valence-corrected chi connectivity index (χ2v) is 3.31. The Kier molecular flexibility index (Phi) is 4.84. The van der Waals surface area contributed by atoms with Gasteiger partial charge in [-0.2, -0.15) is 0 Å². The summed E-state index contributed by atoms with van der Waals surface area (Å²) in [6.45, 7) is 2.12. The molecule has 82 valence electrons. The van der Waals surface area contributed by atoms with Crippen molar-refractivity contribution in [2.45, 2.75) is 19.3 Å². The van der Waals surface area contributed by atoms with Gasteiger partial charge in [-0.25, -0.2) is 0 Å². The molecule has 0 saturated carbocycles. The van der Waals surface area contributed by atoms with E-state index in [1.165, 1.54) is 0 Å². The predicted octanol–water partition coefficient (Wildman–Crippen LogP) is 1.72. The first kappa shape index (κ1) is 11.7. The molecular weight excluding hydrogens is 192 g/mol. The Hall–Kier alpha value is -1.35. The van der Waals surface area contributed by atoms with E-state index in [4.69, 9.17) is 9.84 Å². The molecule has 1 N–H and O–H groups in total. The minimum Gasteiger partial charge on any atom is -0.465 e. The smallest absolute Gasteiger partial charge is 0.315 e. The fourth-order valence-corrected chi connectivity index (χ4v) is 1.30. The van der Waals surface area contributed by atoms with Crippen LogP contribution in [0.3, 0.4) is 0 Å². The van der Waals surface area contributed by atoms with Crippen molar-refractivity contribution in [3.8, 4) is 0 Å². The van der Waals surface area contributed by atoms with Crippen molar-refractivity contribution in [1.29, 1.82) is 0 Å². The van der Waals surface area contributed by atoms with Crippen molar-refractivity contribution in [2.75, 3.05) is 13.2 Å². The molecule has 0 amide bonds. The van der Waals surface area contributed by atoms with Crippen LogP contribution in [-0.4, -0.2) is 24.3 Å². The molecule has 1 aromatic rings. The lowest BCUT2D eigenvalue weighted by Crippen LogP contribution is -2.19. The fraction of sp³-hybridized carbons (Fsp3) is 0.417. The van der Waals surface area contributed by atoms with E-state index >= 15 is 0 Å². The monoisotopic (exact) mass is 208 g/mol. The number of hydrogen-bond acceptors (Lipinski definition) is 3. The topological polar surface area (TPSA) is 46.5 Å². The lowest BCUT2D eigenvalue weighted by molar-refractivity contribution is -0.146. The maximum Gasteiger partial charge on any atom is 0.315 e. The van der Waals surface area contributed by atoms with Crippen molar-refractivity contribution in [2.24, 2.45) is 0 Å². The lowest BCUT2D eigenvalue weighted by atomic mass is 10.0. The first-order valence-corrected chi connectivity index (χ1v) is 5.12. The highest BCUT2D eigenvalue weighted by molar-refractivity contribution is 5.78. The second kappa shape index (κ2) is 6.19. The van der Waals surface area contributed by atoms with Gasteiger partial charge >= 0.3 is 5.97 Å². The number of carbonyl (C=O) groups is 1. The highest BCUT2D eigenvalue weighted by Gasteiger charge is 2.20. The van der Waals surface area contributed by atoms with Crippen LogP contribution in [0.2, 0.25) is 0 Å². The van der Waals surface area contributed by atoms with Crippen LogP contribution in [0.1, 0.15) is 24.8 Å². The van der Waals surface area contributed by atoms with Gasteiger partial charge in [0.25, 0.3) is 0 Å². The summed E-state index contributed by atoms with van der Waals surface area (Å²) in [6.07, 6.45) is 0.790. The molecule has 0 aliphatic carbocycles. The molecule has 0 aliphatic heterocycles. The summed E-state index contributed by atoms with van der Waals surface area (Å²) in [7, 11) is 0. The van der Waals surface area contributed by atoms with E-state index in [9.17, 15) is 4.79 Å². The van der Waals surface area contributed by atoms with E-state index in [1.54, 1.807) is 0 Å². The van der Waals surface area contributed by atoms with Crippen molar-refractivity contribution >= 4 is 5.97 Å². The molecule has 0 fully saturated rings. The number of carbonyl (C=O) groups excluding carboxylic acids is 1. The Labute approximate surface area is 89.7 Å². The maximum atomic E-state index is 11.6. The summed E-state index contributed by atoms with van der Waals surface area (Å²) in [6, 6.07) is 9.17. The third-order valence-electron chi connectivity index (χ3n) is 2.12. The van der Waals surface area contributed by atoms with Gasteiger partial charge in [0.05, 0.1) is 13.2 Å². The average Bonchev–Trinajstić information content (AvgIpc) is 2.29. The lowest BCUT2D eigenvalue weighted by Gasteiger charge is -2.13. The molecule has 0 bridgehead atoms. The zero-order chi connectivity index (χ0) is 11.1. The first-order chi connectivity index (χ1) is 7.29. The second-order valence-electron chi connectivity index (χ2n) is 3.31. The third-order valence-corrected chi connectivity index (χ3v) is 2.12. The molecule has 3 heteroatoms. The summed E-state index contributed by atoms with van der Waals surface area (Å²) in [5, 5.41) is 9.15. The third kappa shape index (κ3) is 3.36. The van der Waals surface area contributed by atoms with Gasteiger partial charge in [0.1, 0.15) is 5.92 Å². The number of rotatable bonds is 5. The molecule has 15 heavy (non-hydrogen) atoms. The van der Waals surface area contributed by atoms with E-state index in [0.717, 1.165) is 12.0 Å². The van der Waals surface area contributed by atoms with Crippen LogP contribution in [0.15, 0.2) is 30.3 Å². The molecule has 1 rings (SSSR count). The van der Waals surface area contributed by atoms with Gasteiger partial charge < -0.3 is 9.84 Å². The van der Waals surface area contributed by atoms with Crippen molar-refractivity contribution < 1.29 is 14.6 Å². The largest absolute Gasteiger partial charge is 0.465 e. The number of esters is 1. The van der Waals surface area contributed by atoms with Gasteiger partial charge in [0, 0.05) is 0 Å². The van der Waals surface area contributed by atoms with Crippen LogP contribution in [0.25, 0.3) is 0 Å². The Morgan fingerprint density at radius 2 is 2.07 bits per heavy atom. The molecule has 0 aliphatic rings. The molecule has 0 aromatic heterocycles. The summed E-state index contributed by atoms with van der Waals surface area (Å²) in [5.41, 5.74) is 0.793. The molecule has 1 aromatic carbocycles. The van der Waals surface area contributed by atoms with Gasteiger partial charge in [-0.3, -0.25) is 4.79 Å². The molecular formula is C12H16O3. The Bertz CT molecular complexity index is 295. The van der Waals surface area contributed by atoms with E-state index < -0.39 is 5.92 Å². The van der Waals surface area contributed by atoms with E-state index in [1.807, 2.05) is 37.3 Å². The maximum absolute atomic E-state index is 11.6. The minimum atomic E-state index is -0.558. The van der Waals surface area contributed by atoms with Crippen LogP contribution < -0.4 is 0 Å². The van der Waals surface area contributed by atoms with E-state index in [2.05, 4.69) is 0 Å². The Balaban J connectivity index is 2.67. The minimum absolute atomic E-state index is 0.216. The van der Waals surface area contributed by atoms with Crippen LogP contribution >= 0.6 is 0 Å². The van der Waals surface area contributed by atoms with Crippen LogP contribution in [0, 0.1) is 0 Å². The van der Waals surface area contributed by atoms with Crippen LogP contribution in [-0.2, 0) is 9.53 Å². The van der Waals surface area contributed by atoms with Gasteiger partial charge in [-0.15, -0.1) is 0 Å². The molecule has 0 unspecified atom stereocenters. The molecule has 1 atom stereocenters. The Morgan fingerprint density at radius 1 is 1.40 bits per heavy atom. The van der Waals surface area contributed by atoms with Crippen molar-refractivity contribution in [3.05, 3.63) is 35.9 Å². The summed E-state index contributed by atoms with van der Waals surface area (Å²) < 4.78 is 5.00. The zero-order valence-electron chi connectivity index (χ0n) is 8.85. The molecule has 0 radical (unpaired) electrons. The number of aliphatic hydroxyl groups excluding tert-OH is 1. The quantitative estimate of drug-likeness (QED) is 0.749. The summed E-state index contributed by atoms with van der Waals surface area (Å²) in [5.74, 6) is -0.914. The van der Waals surface area contributed by atoms with Gasteiger partial charge in [0.15, 0.2) is 0 Å². The first-order valence-electron chi connectivity index (χ1n) is 5.12. The standard InChI is InChI=1S/C12H16O3/c1-2-8-15-12(14)11(9-13)10-6-4-3-5-7-10/h3-7,11,13H,2,8-9H2,1H3/t11-/m0/s1. The number of aliphatic hydroxyl groups is 1. The number of benzene rings is 1. The van der Waals surface area contributed by atoms with Crippen LogP contribution in [0.5, 0.6) is 0 Å². The normalized spacial score (nSPS) is 12.1. The summed E-state index contributed by atoms with van der Waals surface area (Å²) in [4.78, 5) is 11.6. The highest BCUT2D eigenvalue weighted by atomic mass is 16.5. The predicted molar refractivity (Wildman–Crippen MR) is 57.5 cm³/mol. The van der Waals surface area contributed by atoms with Gasteiger partial charge in [-0.05, 0) is 12.0 Å². The number of hydrogen-bond donors (Lipinski definition) is 1. The molecule has 0 spiro atoms. The number of ether oxygens (including phenoxy) is 1. The van der Waals surface area contributed by atoms with Gasteiger partial charge in [-0.1, -0.05) is 37.3 Å². The van der Waals surface area contributed by atoms with E-state index in [0.29, 0.717) is 6.61 Å². The summed E-state index contributed by atoms with van der Waals surface area (Å²) >= 11 is 0. The zero-order valence-corrected chi connectivity index (χ0v) is 8.85. The molecule has 3 nitrogen and oxygen atoms in total. The average molecular weight is 208 g/mol.